The Hall–Kier alpha value is -1.89. The Labute approximate surface area is 127 Å². The quantitative estimate of drug-likeness (QED) is 0.898. The molecule has 0 bridgehead atoms. The molecule has 2 N–H and O–H groups in total. The highest BCUT2D eigenvalue weighted by Gasteiger charge is 2.38. The molecule has 1 unspecified atom stereocenters. The summed E-state index contributed by atoms with van der Waals surface area (Å²) in [5.41, 5.74) is -0.490. The third-order valence-electron chi connectivity index (χ3n) is 3.66. The van der Waals surface area contributed by atoms with E-state index in [2.05, 4.69) is 10.1 Å². The highest BCUT2D eigenvalue weighted by atomic mass is 19.3. The lowest BCUT2D eigenvalue weighted by Gasteiger charge is -2.33. The van der Waals surface area contributed by atoms with E-state index < -0.39 is 12.2 Å². The van der Waals surface area contributed by atoms with Crippen molar-refractivity contribution in [3.63, 3.8) is 0 Å². The zero-order chi connectivity index (χ0) is 16.3. The molecular weight excluding hydrogens is 294 g/mol. The Morgan fingerprint density at radius 1 is 1.41 bits per heavy atom. The minimum absolute atomic E-state index is 0.0311. The predicted octanol–water partition coefficient (Wildman–Crippen LogP) is 3.06. The summed E-state index contributed by atoms with van der Waals surface area (Å²) in [5.74, 6) is 0.0311. The van der Waals surface area contributed by atoms with E-state index in [1.807, 2.05) is 0 Å². The average Bonchev–Trinajstić information content (AvgIpc) is 2.89. The third kappa shape index (κ3) is 4.07. The highest BCUT2D eigenvalue weighted by molar-refractivity contribution is 5.89. The molecule has 7 heteroatoms. The number of hydrogen-bond acceptors (Lipinski definition) is 3. The predicted molar refractivity (Wildman–Crippen MR) is 78.1 cm³/mol. The van der Waals surface area contributed by atoms with Gasteiger partial charge in [0.05, 0.1) is 11.6 Å². The first-order valence-electron chi connectivity index (χ1n) is 7.12. The second kappa shape index (κ2) is 6.48. The molecule has 1 aliphatic rings. The van der Waals surface area contributed by atoms with Crippen molar-refractivity contribution in [2.75, 3.05) is 11.9 Å². The number of carbonyl (C=O) groups is 1. The van der Waals surface area contributed by atoms with E-state index in [-0.39, 0.29) is 17.8 Å². The number of nitrogens with one attached hydrogen (secondary N) is 1. The Kier molecular flexibility index (Phi) is 4.85. The molecule has 0 aromatic heterocycles. The summed E-state index contributed by atoms with van der Waals surface area (Å²) in [5, 5.41) is 12.8. The summed E-state index contributed by atoms with van der Waals surface area (Å²) < 4.78 is 28.4. The number of anilines is 1. The Balaban J connectivity index is 1.99. The Bertz CT molecular complexity index is 515. The molecule has 122 valence electrons. The fourth-order valence-electron chi connectivity index (χ4n) is 2.66. The van der Waals surface area contributed by atoms with Crippen LogP contribution in [0.3, 0.4) is 0 Å². The molecule has 2 amide bonds. The van der Waals surface area contributed by atoms with Crippen LogP contribution in [0, 0.1) is 0 Å². The summed E-state index contributed by atoms with van der Waals surface area (Å²) in [6.07, 6.45) is 1.58. The topological polar surface area (TPSA) is 61.8 Å². The molecule has 1 aliphatic heterocycles. The minimum atomic E-state index is -2.88. The van der Waals surface area contributed by atoms with Crippen molar-refractivity contribution in [2.24, 2.45) is 0 Å². The van der Waals surface area contributed by atoms with Crippen LogP contribution in [0.5, 0.6) is 5.75 Å². The zero-order valence-electron chi connectivity index (χ0n) is 12.6. The maximum Gasteiger partial charge on any atom is 0.387 e. The summed E-state index contributed by atoms with van der Waals surface area (Å²) in [7, 11) is 0. The van der Waals surface area contributed by atoms with Gasteiger partial charge >= 0.3 is 12.6 Å². The average molecular weight is 314 g/mol. The number of ether oxygens (including phenoxy) is 1. The van der Waals surface area contributed by atoms with E-state index in [1.165, 1.54) is 24.3 Å². The zero-order valence-corrected chi connectivity index (χ0v) is 12.6. The van der Waals surface area contributed by atoms with Crippen molar-refractivity contribution >= 4 is 11.7 Å². The van der Waals surface area contributed by atoms with Crippen LogP contribution in [0.15, 0.2) is 24.3 Å². The lowest BCUT2D eigenvalue weighted by molar-refractivity contribution is -0.0498. The number of halogens is 2. The van der Waals surface area contributed by atoms with Gasteiger partial charge in [-0.25, -0.2) is 4.79 Å². The number of aliphatic hydroxyl groups is 1. The number of rotatable bonds is 4. The number of alkyl halides is 2. The standard InChI is InChI=1S/C15H20F2N2O3/c1-15(2,21)12-4-3-9-19(12)14(20)18-10-5-7-11(8-6-10)22-13(16)17/h5-8,12-13,21H,3-4,9H2,1-2H3,(H,18,20). The van der Waals surface area contributed by atoms with Gasteiger partial charge in [0, 0.05) is 12.2 Å². The molecule has 1 aromatic rings. The molecule has 22 heavy (non-hydrogen) atoms. The molecule has 0 aliphatic carbocycles. The van der Waals surface area contributed by atoms with Crippen LogP contribution in [0.1, 0.15) is 26.7 Å². The molecule has 1 saturated heterocycles. The van der Waals surface area contributed by atoms with Gasteiger partial charge < -0.3 is 20.1 Å². The van der Waals surface area contributed by atoms with Gasteiger partial charge in [0.1, 0.15) is 5.75 Å². The lowest BCUT2D eigenvalue weighted by Crippen LogP contribution is -2.49. The first-order chi connectivity index (χ1) is 10.3. The highest BCUT2D eigenvalue weighted by Crippen LogP contribution is 2.27. The van der Waals surface area contributed by atoms with Crippen LogP contribution < -0.4 is 10.1 Å². The number of nitrogens with zero attached hydrogens (tertiary/aromatic N) is 1. The van der Waals surface area contributed by atoms with Crippen molar-refractivity contribution in [3.8, 4) is 5.75 Å². The number of urea groups is 1. The van der Waals surface area contributed by atoms with Gasteiger partial charge in [-0.2, -0.15) is 8.78 Å². The van der Waals surface area contributed by atoms with Gasteiger partial charge in [-0.15, -0.1) is 0 Å². The number of amides is 2. The van der Waals surface area contributed by atoms with Gasteiger partial charge in [-0.05, 0) is 51.0 Å². The molecule has 1 atom stereocenters. The number of benzene rings is 1. The van der Waals surface area contributed by atoms with Gasteiger partial charge in [0.25, 0.3) is 0 Å². The largest absolute Gasteiger partial charge is 0.435 e. The molecule has 0 saturated carbocycles. The van der Waals surface area contributed by atoms with Crippen LogP contribution in [-0.4, -0.2) is 40.8 Å². The smallest absolute Gasteiger partial charge is 0.387 e. The first-order valence-corrected chi connectivity index (χ1v) is 7.12. The summed E-state index contributed by atoms with van der Waals surface area (Å²) in [6, 6.07) is 5.15. The Morgan fingerprint density at radius 3 is 2.59 bits per heavy atom. The van der Waals surface area contributed by atoms with Gasteiger partial charge in [-0.1, -0.05) is 0 Å². The third-order valence-corrected chi connectivity index (χ3v) is 3.66. The van der Waals surface area contributed by atoms with Crippen molar-refractivity contribution in [3.05, 3.63) is 24.3 Å². The first kappa shape index (κ1) is 16.5. The fraction of sp³-hybridized carbons (Fsp3) is 0.533. The monoisotopic (exact) mass is 314 g/mol. The van der Waals surface area contributed by atoms with Gasteiger partial charge in [0.15, 0.2) is 0 Å². The van der Waals surface area contributed by atoms with Crippen LogP contribution in [0.4, 0.5) is 19.3 Å². The summed E-state index contributed by atoms with van der Waals surface area (Å²) in [4.78, 5) is 13.9. The molecule has 0 radical (unpaired) electrons. The van der Waals surface area contributed by atoms with E-state index in [1.54, 1.807) is 18.7 Å². The Morgan fingerprint density at radius 2 is 2.05 bits per heavy atom. The van der Waals surface area contributed by atoms with Crippen LogP contribution in [-0.2, 0) is 0 Å². The van der Waals surface area contributed by atoms with E-state index >= 15 is 0 Å². The molecule has 2 rings (SSSR count). The van der Waals surface area contributed by atoms with Crippen molar-refractivity contribution in [2.45, 2.75) is 44.9 Å². The second-order valence-corrected chi connectivity index (χ2v) is 5.84. The lowest BCUT2D eigenvalue weighted by atomic mass is 9.97. The minimum Gasteiger partial charge on any atom is -0.435 e. The molecular formula is C15H20F2N2O3. The van der Waals surface area contributed by atoms with Crippen LogP contribution in [0.2, 0.25) is 0 Å². The van der Waals surface area contributed by atoms with E-state index in [4.69, 9.17) is 0 Å². The molecule has 1 fully saturated rings. The molecule has 5 nitrogen and oxygen atoms in total. The molecule has 0 spiro atoms. The van der Waals surface area contributed by atoms with E-state index in [0.29, 0.717) is 12.2 Å². The second-order valence-electron chi connectivity index (χ2n) is 5.84. The van der Waals surface area contributed by atoms with Gasteiger partial charge in [0.2, 0.25) is 0 Å². The van der Waals surface area contributed by atoms with Crippen molar-refractivity contribution in [1.29, 1.82) is 0 Å². The normalized spacial score (nSPS) is 18.6. The molecule has 1 aromatic carbocycles. The van der Waals surface area contributed by atoms with Crippen molar-refractivity contribution in [1.82, 2.24) is 4.90 Å². The van der Waals surface area contributed by atoms with Crippen molar-refractivity contribution < 1.29 is 23.4 Å². The maximum atomic E-state index is 12.3. The maximum absolute atomic E-state index is 12.3. The van der Waals surface area contributed by atoms with Crippen LogP contribution in [0.25, 0.3) is 0 Å². The molecule has 1 heterocycles. The SMILES string of the molecule is CC(C)(O)C1CCCN1C(=O)Nc1ccc(OC(F)F)cc1. The number of carbonyl (C=O) groups excluding carboxylic acids is 1. The number of hydrogen-bond donors (Lipinski definition) is 2. The van der Waals surface area contributed by atoms with Gasteiger partial charge in [-0.3, -0.25) is 0 Å². The number of likely N-dealkylation sites (tertiary alicyclic amines) is 1. The van der Waals surface area contributed by atoms with E-state index in [9.17, 15) is 18.7 Å². The fourth-order valence-corrected chi connectivity index (χ4v) is 2.66. The van der Waals surface area contributed by atoms with E-state index in [0.717, 1.165) is 12.8 Å². The summed E-state index contributed by atoms with van der Waals surface area (Å²) in [6.45, 7) is 1.06. The van der Waals surface area contributed by atoms with Crippen LogP contribution >= 0.6 is 0 Å². The summed E-state index contributed by atoms with van der Waals surface area (Å²) >= 11 is 0.